The van der Waals surface area contributed by atoms with Crippen molar-refractivity contribution in [1.82, 2.24) is 5.43 Å². The van der Waals surface area contributed by atoms with Gasteiger partial charge in [-0.3, -0.25) is 5.41 Å². The van der Waals surface area contributed by atoms with Gasteiger partial charge in [0, 0.05) is 11.4 Å². The summed E-state index contributed by atoms with van der Waals surface area (Å²) in [5, 5.41) is 16.4. The number of carbonyl (C=O) groups is 2. The molecular formula is C18H20N6O3. The van der Waals surface area contributed by atoms with Crippen molar-refractivity contribution in [1.29, 1.82) is 5.41 Å². The molecule has 0 saturated heterocycles. The number of ether oxygens (including phenoxy) is 1. The van der Waals surface area contributed by atoms with Crippen LogP contribution in [0, 0.1) is 5.41 Å². The molecule has 0 radical (unpaired) electrons. The number of amides is 2. The molecule has 2 amide bonds. The number of esters is 1. The average Bonchev–Trinajstić information content (AvgIpc) is 2.66. The van der Waals surface area contributed by atoms with Crippen LogP contribution in [0.3, 0.4) is 0 Å². The van der Waals surface area contributed by atoms with Crippen LogP contribution < -0.4 is 21.8 Å². The van der Waals surface area contributed by atoms with E-state index in [-0.39, 0.29) is 5.96 Å². The van der Waals surface area contributed by atoms with Gasteiger partial charge in [-0.1, -0.05) is 12.1 Å². The molecule has 0 saturated carbocycles. The Balaban J connectivity index is 1.94. The van der Waals surface area contributed by atoms with Crippen molar-refractivity contribution in [3.8, 4) is 0 Å². The molecule has 0 aliphatic rings. The molecule has 0 aliphatic carbocycles. The third-order valence-electron chi connectivity index (χ3n) is 3.47. The van der Waals surface area contributed by atoms with E-state index >= 15 is 0 Å². The minimum absolute atomic E-state index is 0.246. The van der Waals surface area contributed by atoms with E-state index in [0.717, 1.165) is 5.56 Å². The number of nitrogens with one attached hydrogen (secondary N) is 4. The highest BCUT2D eigenvalue weighted by atomic mass is 16.5. The molecule has 0 aliphatic heterocycles. The molecule has 0 bridgehead atoms. The van der Waals surface area contributed by atoms with E-state index in [0.29, 0.717) is 22.6 Å². The molecule has 2 aromatic carbocycles. The molecule has 0 aromatic heterocycles. The van der Waals surface area contributed by atoms with Crippen molar-refractivity contribution in [3.05, 3.63) is 59.7 Å². The average molecular weight is 368 g/mol. The second kappa shape index (κ2) is 8.99. The first-order chi connectivity index (χ1) is 12.9. The molecule has 27 heavy (non-hydrogen) atoms. The fourth-order valence-corrected chi connectivity index (χ4v) is 2.10. The summed E-state index contributed by atoms with van der Waals surface area (Å²) in [5.41, 5.74) is 10.5. The number of anilines is 2. The monoisotopic (exact) mass is 368 g/mol. The number of nitrogens with zero attached hydrogens (tertiary/aromatic N) is 1. The highest BCUT2D eigenvalue weighted by Gasteiger charge is 2.07. The predicted molar refractivity (Wildman–Crippen MR) is 104 cm³/mol. The molecule has 0 unspecified atom stereocenters. The fourth-order valence-electron chi connectivity index (χ4n) is 2.10. The Morgan fingerprint density at radius 1 is 0.963 bits per heavy atom. The molecule has 9 nitrogen and oxygen atoms in total. The number of nitrogens with two attached hydrogens (primary N) is 1. The highest BCUT2D eigenvalue weighted by Crippen LogP contribution is 2.13. The van der Waals surface area contributed by atoms with Crippen LogP contribution in [-0.2, 0) is 4.74 Å². The zero-order valence-electron chi connectivity index (χ0n) is 14.9. The largest absolute Gasteiger partial charge is 0.465 e. The summed E-state index contributed by atoms with van der Waals surface area (Å²) in [5.74, 6) is -0.688. The number of rotatable bonds is 5. The van der Waals surface area contributed by atoms with Crippen molar-refractivity contribution in [3.63, 3.8) is 0 Å². The van der Waals surface area contributed by atoms with Crippen molar-refractivity contribution in [2.75, 3.05) is 17.7 Å². The van der Waals surface area contributed by atoms with Crippen molar-refractivity contribution in [2.45, 2.75) is 6.92 Å². The first kappa shape index (κ1) is 19.4. The quantitative estimate of drug-likeness (QED) is 0.238. The Labute approximate surface area is 156 Å². The highest BCUT2D eigenvalue weighted by molar-refractivity contribution is 6.02. The number of urea groups is 1. The smallest absolute Gasteiger partial charge is 0.337 e. The van der Waals surface area contributed by atoms with Gasteiger partial charge >= 0.3 is 12.0 Å². The van der Waals surface area contributed by atoms with Gasteiger partial charge in [-0.25, -0.2) is 15.0 Å². The van der Waals surface area contributed by atoms with Crippen molar-refractivity contribution in [2.24, 2.45) is 10.8 Å². The van der Waals surface area contributed by atoms with Gasteiger partial charge in [-0.05, 0) is 48.9 Å². The number of carbonyl (C=O) groups excluding carboxylic acids is 2. The van der Waals surface area contributed by atoms with Crippen molar-refractivity contribution >= 4 is 35.0 Å². The maximum absolute atomic E-state index is 12.1. The molecule has 0 fully saturated rings. The zero-order chi connectivity index (χ0) is 19.8. The lowest BCUT2D eigenvalue weighted by Gasteiger charge is -2.09. The van der Waals surface area contributed by atoms with Gasteiger partial charge in [0.1, 0.15) is 0 Å². The molecule has 140 valence electrons. The summed E-state index contributed by atoms with van der Waals surface area (Å²) in [4.78, 5) is 23.5. The van der Waals surface area contributed by atoms with Gasteiger partial charge in [0.05, 0.1) is 18.4 Å². The van der Waals surface area contributed by atoms with Crippen LogP contribution in [0.2, 0.25) is 0 Å². The van der Waals surface area contributed by atoms with Crippen LogP contribution in [0.1, 0.15) is 22.8 Å². The van der Waals surface area contributed by atoms with E-state index in [4.69, 9.17) is 11.1 Å². The topological polar surface area (TPSA) is 142 Å². The molecule has 2 rings (SSSR count). The predicted octanol–water partition coefficient (Wildman–Crippen LogP) is 2.32. The maximum atomic E-state index is 12.1. The van der Waals surface area contributed by atoms with Crippen LogP contribution in [-0.4, -0.2) is 30.8 Å². The first-order valence-electron chi connectivity index (χ1n) is 7.90. The number of benzene rings is 2. The summed E-state index contributed by atoms with van der Waals surface area (Å²) in [6.07, 6.45) is 0. The van der Waals surface area contributed by atoms with Crippen LogP contribution in [0.5, 0.6) is 0 Å². The molecule has 0 spiro atoms. The third kappa shape index (κ3) is 5.85. The Kier molecular flexibility index (Phi) is 6.48. The van der Waals surface area contributed by atoms with E-state index in [1.54, 1.807) is 55.5 Å². The fraction of sp³-hybridized carbons (Fsp3) is 0.111. The van der Waals surface area contributed by atoms with Crippen LogP contribution in [0.15, 0.2) is 53.6 Å². The standard InChI is InChI=1S/C18H20N6O3/c1-11(23-24-17(19)20)12-3-7-14(8-4-12)21-18(26)22-15-9-5-13(6-10-15)16(25)27-2/h3-10H,1-2H3,(H4,19,20,24)(H2,21,22,26)/b23-11+. The number of hydrogen-bond acceptors (Lipinski definition) is 5. The molecule has 2 aromatic rings. The van der Waals surface area contributed by atoms with E-state index < -0.39 is 12.0 Å². The Bertz CT molecular complexity index is 860. The summed E-state index contributed by atoms with van der Waals surface area (Å²) in [6, 6.07) is 12.9. The molecule has 0 atom stereocenters. The lowest BCUT2D eigenvalue weighted by atomic mass is 10.1. The van der Waals surface area contributed by atoms with Gasteiger partial charge in [0.2, 0.25) is 5.96 Å². The van der Waals surface area contributed by atoms with Gasteiger partial charge in [-0.2, -0.15) is 5.10 Å². The number of guanidine groups is 1. The minimum atomic E-state index is -0.441. The first-order valence-corrected chi connectivity index (χ1v) is 7.90. The molecule has 6 N–H and O–H groups in total. The second-order valence-electron chi connectivity index (χ2n) is 5.45. The Morgan fingerprint density at radius 3 is 1.89 bits per heavy atom. The van der Waals surface area contributed by atoms with Gasteiger partial charge < -0.3 is 21.1 Å². The summed E-state index contributed by atoms with van der Waals surface area (Å²) in [7, 11) is 1.31. The van der Waals surface area contributed by atoms with E-state index in [1.807, 2.05) is 0 Å². The lowest BCUT2D eigenvalue weighted by molar-refractivity contribution is 0.0600. The third-order valence-corrected chi connectivity index (χ3v) is 3.47. The lowest BCUT2D eigenvalue weighted by Crippen LogP contribution is -2.26. The van der Waals surface area contributed by atoms with Gasteiger partial charge in [-0.15, -0.1) is 0 Å². The summed E-state index contributed by atoms with van der Waals surface area (Å²) < 4.78 is 4.62. The van der Waals surface area contributed by atoms with Crippen LogP contribution in [0.4, 0.5) is 16.2 Å². The SMILES string of the molecule is COC(=O)c1ccc(NC(=O)Nc2ccc(/C(C)=N/NC(=N)N)cc2)cc1. The van der Waals surface area contributed by atoms with Gasteiger partial charge in [0.25, 0.3) is 0 Å². The normalized spacial score (nSPS) is 10.7. The minimum Gasteiger partial charge on any atom is -0.465 e. The van der Waals surface area contributed by atoms with Crippen LogP contribution in [0.25, 0.3) is 0 Å². The zero-order valence-corrected chi connectivity index (χ0v) is 14.9. The number of hydrazone groups is 1. The van der Waals surface area contributed by atoms with E-state index in [9.17, 15) is 9.59 Å². The van der Waals surface area contributed by atoms with Gasteiger partial charge in [0.15, 0.2) is 0 Å². The van der Waals surface area contributed by atoms with Crippen molar-refractivity contribution < 1.29 is 14.3 Å². The second-order valence-corrected chi connectivity index (χ2v) is 5.45. The molecular weight excluding hydrogens is 348 g/mol. The van der Waals surface area contributed by atoms with E-state index in [2.05, 4.69) is 25.9 Å². The Morgan fingerprint density at radius 2 is 1.44 bits per heavy atom. The summed E-state index contributed by atoms with van der Waals surface area (Å²) in [6.45, 7) is 1.77. The molecule has 0 heterocycles. The van der Waals surface area contributed by atoms with E-state index in [1.165, 1.54) is 7.11 Å². The van der Waals surface area contributed by atoms with Crippen LogP contribution >= 0.6 is 0 Å². The number of methoxy groups -OCH3 is 1. The molecule has 9 heteroatoms. The number of hydrogen-bond donors (Lipinski definition) is 5. The Hall–Kier alpha value is -3.88. The summed E-state index contributed by atoms with van der Waals surface area (Å²) >= 11 is 0. The maximum Gasteiger partial charge on any atom is 0.337 e.